The highest BCUT2D eigenvalue weighted by Gasteiger charge is 2.11. The first-order valence-electron chi connectivity index (χ1n) is 8.56. The van der Waals surface area contributed by atoms with Crippen molar-refractivity contribution >= 4 is 11.6 Å². The van der Waals surface area contributed by atoms with Crippen molar-refractivity contribution in [2.24, 2.45) is 0 Å². The summed E-state index contributed by atoms with van der Waals surface area (Å²) in [7, 11) is 1.58. The van der Waals surface area contributed by atoms with Gasteiger partial charge in [0.1, 0.15) is 13.2 Å². The summed E-state index contributed by atoms with van der Waals surface area (Å²) in [4.78, 5) is 16.4. The molecule has 0 saturated carbocycles. The smallest absolute Gasteiger partial charge is 0.246 e. The van der Waals surface area contributed by atoms with E-state index in [0.29, 0.717) is 23.8 Å². The minimum absolute atomic E-state index is 0.150. The van der Waals surface area contributed by atoms with E-state index in [1.54, 1.807) is 42.4 Å². The van der Waals surface area contributed by atoms with E-state index in [0.717, 1.165) is 17.0 Å². The Morgan fingerprint density at radius 1 is 1.19 bits per heavy atom. The molecular weight excluding hydrogens is 344 g/mol. The van der Waals surface area contributed by atoms with Crippen LogP contribution in [0.2, 0.25) is 0 Å². The fourth-order valence-electron chi connectivity index (χ4n) is 2.68. The van der Waals surface area contributed by atoms with Crippen LogP contribution in [0.5, 0.6) is 11.5 Å². The van der Waals surface area contributed by atoms with E-state index in [1.165, 1.54) is 0 Å². The Bertz CT molecular complexity index is 922. The van der Waals surface area contributed by atoms with Crippen molar-refractivity contribution in [3.05, 3.63) is 65.7 Å². The Kier molecular flexibility index (Phi) is 5.71. The molecular formula is C20H22N4O3. The third kappa shape index (κ3) is 4.84. The van der Waals surface area contributed by atoms with Gasteiger partial charge in [-0.1, -0.05) is 6.07 Å². The highest BCUT2D eigenvalue weighted by atomic mass is 16.5. The minimum Gasteiger partial charge on any atom is -0.493 e. The van der Waals surface area contributed by atoms with E-state index >= 15 is 0 Å². The molecule has 0 saturated heterocycles. The van der Waals surface area contributed by atoms with E-state index < -0.39 is 0 Å². The van der Waals surface area contributed by atoms with E-state index in [9.17, 15) is 4.79 Å². The second-order valence-electron chi connectivity index (χ2n) is 6.15. The Labute approximate surface area is 158 Å². The van der Waals surface area contributed by atoms with Gasteiger partial charge >= 0.3 is 0 Å². The first kappa shape index (κ1) is 18.4. The maximum atomic E-state index is 12.3. The number of aryl methyl sites for hydroxylation is 2. The molecule has 1 aromatic carbocycles. The number of carbonyl (C=O) groups excluding carboxylic acids is 1. The van der Waals surface area contributed by atoms with Crippen molar-refractivity contribution < 1.29 is 14.3 Å². The van der Waals surface area contributed by atoms with Crippen molar-refractivity contribution in [2.45, 2.75) is 27.0 Å². The molecule has 0 spiro atoms. The van der Waals surface area contributed by atoms with Gasteiger partial charge in [-0.05, 0) is 38.1 Å². The van der Waals surface area contributed by atoms with Gasteiger partial charge in [-0.15, -0.1) is 0 Å². The second kappa shape index (κ2) is 8.35. The number of amides is 1. The fraction of sp³-hybridized carbons (Fsp3) is 0.250. The number of pyridine rings is 1. The van der Waals surface area contributed by atoms with Gasteiger partial charge in [0.15, 0.2) is 11.5 Å². The average molecular weight is 366 g/mol. The lowest BCUT2D eigenvalue weighted by atomic mass is 10.2. The highest BCUT2D eigenvalue weighted by molar-refractivity contribution is 5.90. The Morgan fingerprint density at radius 3 is 2.70 bits per heavy atom. The molecule has 2 heterocycles. The summed E-state index contributed by atoms with van der Waals surface area (Å²) in [5.41, 5.74) is 3.40. The molecule has 0 aliphatic rings. The summed E-state index contributed by atoms with van der Waals surface area (Å²) in [6.45, 7) is 4.33. The first-order chi connectivity index (χ1) is 13.0. The molecule has 0 unspecified atom stereocenters. The Hall–Kier alpha value is -3.35. The zero-order valence-electron chi connectivity index (χ0n) is 15.6. The summed E-state index contributed by atoms with van der Waals surface area (Å²) in [6.07, 6.45) is 3.45. The minimum atomic E-state index is -0.162. The van der Waals surface area contributed by atoms with Crippen molar-refractivity contribution in [1.82, 2.24) is 14.8 Å². The summed E-state index contributed by atoms with van der Waals surface area (Å²) in [6, 6.07) is 11.0. The number of ether oxygens (including phenoxy) is 2. The van der Waals surface area contributed by atoms with E-state index in [1.807, 2.05) is 32.0 Å². The SMILES string of the molecule is COc1ccc(NC(=O)Cn2nc(C)cc2C)cc1OCc1cccnc1. The van der Waals surface area contributed by atoms with Crippen LogP contribution in [0.3, 0.4) is 0 Å². The predicted molar refractivity (Wildman–Crippen MR) is 102 cm³/mol. The van der Waals surface area contributed by atoms with E-state index in [2.05, 4.69) is 15.4 Å². The van der Waals surface area contributed by atoms with Gasteiger partial charge in [-0.25, -0.2) is 0 Å². The molecule has 27 heavy (non-hydrogen) atoms. The van der Waals surface area contributed by atoms with Crippen LogP contribution in [0.15, 0.2) is 48.8 Å². The van der Waals surface area contributed by atoms with Crippen molar-refractivity contribution in [3.8, 4) is 11.5 Å². The Balaban J connectivity index is 1.68. The Morgan fingerprint density at radius 2 is 2.04 bits per heavy atom. The van der Waals surface area contributed by atoms with Gasteiger partial charge < -0.3 is 14.8 Å². The highest BCUT2D eigenvalue weighted by Crippen LogP contribution is 2.31. The topological polar surface area (TPSA) is 78.3 Å². The molecule has 7 nitrogen and oxygen atoms in total. The number of methoxy groups -OCH3 is 1. The van der Waals surface area contributed by atoms with E-state index in [-0.39, 0.29) is 12.5 Å². The molecule has 1 N–H and O–H groups in total. The number of benzene rings is 1. The molecule has 3 aromatic rings. The number of hydrogen-bond donors (Lipinski definition) is 1. The molecule has 0 radical (unpaired) electrons. The van der Waals surface area contributed by atoms with Crippen molar-refractivity contribution in [3.63, 3.8) is 0 Å². The summed E-state index contributed by atoms with van der Waals surface area (Å²) < 4.78 is 12.9. The van der Waals surface area contributed by atoms with Gasteiger partial charge in [0.2, 0.25) is 5.91 Å². The molecule has 0 atom stereocenters. The van der Waals surface area contributed by atoms with Crippen LogP contribution >= 0.6 is 0 Å². The number of aromatic nitrogens is 3. The quantitative estimate of drug-likeness (QED) is 0.695. The third-order valence-electron chi connectivity index (χ3n) is 3.96. The molecule has 1 amide bonds. The fourth-order valence-corrected chi connectivity index (χ4v) is 2.68. The predicted octanol–water partition coefficient (Wildman–Crippen LogP) is 3.12. The molecule has 0 aliphatic carbocycles. The van der Waals surface area contributed by atoms with Crippen LogP contribution in [0.25, 0.3) is 0 Å². The molecule has 0 fully saturated rings. The lowest BCUT2D eigenvalue weighted by molar-refractivity contribution is -0.116. The number of hydrogen-bond acceptors (Lipinski definition) is 5. The summed E-state index contributed by atoms with van der Waals surface area (Å²) >= 11 is 0. The summed E-state index contributed by atoms with van der Waals surface area (Å²) in [5.74, 6) is 0.977. The van der Waals surface area contributed by atoms with Crippen molar-refractivity contribution in [1.29, 1.82) is 0 Å². The number of nitrogens with one attached hydrogen (secondary N) is 1. The lowest BCUT2D eigenvalue weighted by Crippen LogP contribution is -2.20. The van der Waals surface area contributed by atoms with Crippen LogP contribution in [0, 0.1) is 13.8 Å². The van der Waals surface area contributed by atoms with Gasteiger partial charge in [0.25, 0.3) is 0 Å². The summed E-state index contributed by atoms with van der Waals surface area (Å²) in [5, 5.41) is 7.17. The second-order valence-corrected chi connectivity index (χ2v) is 6.15. The molecule has 3 rings (SSSR count). The standard InChI is InChI=1S/C20H22N4O3/c1-14-9-15(2)24(23-14)12-20(25)22-17-6-7-18(26-3)19(10-17)27-13-16-5-4-8-21-11-16/h4-11H,12-13H2,1-3H3,(H,22,25). The zero-order valence-corrected chi connectivity index (χ0v) is 15.6. The maximum absolute atomic E-state index is 12.3. The van der Waals surface area contributed by atoms with E-state index in [4.69, 9.17) is 9.47 Å². The molecule has 140 valence electrons. The van der Waals surface area contributed by atoms with Gasteiger partial charge in [0.05, 0.1) is 12.8 Å². The van der Waals surface area contributed by atoms with Crippen LogP contribution in [-0.2, 0) is 17.9 Å². The van der Waals surface area contributed by atoms with Crippen LogP contribution < -0.4 is 14.8 Å². The van der Waals surface area contributed by atoms with Crippen molar-refractivity contribution in [2.75, 3.05) is 12.4 Å². The van der Waals surface area contributed by atoms with Gasteiger partial charge in [0, 0.05) is 35.4 Å². The van der Waals surface area contributed by atoms with Crippen LogP contribution in [0.4, 0.5) is 5.69 Å². The number of nitrogens with zero attached hydrogens (tertiary/aromatic N) is 3. The molecule has 7 heteroatoms. The third-order valence-corrected chi connectivity index (χ3v) is 3.96. The molecule has 0 bridgehead atoms. The zero-order chi connectivity index (χ0) is 19.2. The van der Waals surface area contributed by atoms with Gasteiger partial charge in [-0.2, -0.15) is 5.10 Å². The maximum Gasteiger partial charge on any atom is 0.246 e. The normalized spacial score (nSPS) is 10.5. The average Bonchev–Trinajstić information content (AvgIpc) is 2.97. The number of anilines is 1. The van der Waals surface area contributed by atoms with Crippen LogP contribution in [-0.4, -0.2) is 27.8 Å². The first-order valence-corrected chi connectivity index (χ1v) is 8.56. The van der Waals surface area contributed by atoms with Crippen LogP contribution in [0.1, 0.15) is 17.0 Å². The monoisotopic (exact) mass is 366 g/mol. The lowest BCUT2D eigenvalue weighted by Gasteiger charge is -2.13. The number of rotatable bonds is 7. The van der Waals surface area contributed by atoms with Gasteiger partial charge in [-0.3, -0.25) is 14.5 Å². The molecule has 2 aromatic heterocycles. The largest absolute Gasteiger partial charge is 0.493 e. The molecule has 0 aliphatic heterocycles. The number of carbonyl (C=O) groups is 1.